The third-order valence-corrected chi connectivity index (χ3v) is 6.81. The summed E-state index contributed by atoms with van der Waals surface area (Å²) < 4.78 is 4.60. The summed E-state index contributed by atoms with van der Waals surface area (Å²) >= 11 is 0. The standard InChI is InChI=1S/C19H30O3.C18H28O3.Na.H2O/c1-3-4-12-15-18(20)16-13-10-8-6-5-7-9-11-14-17-19(21)22-2;1-2-3-11-14-17(19)15-12-9-7-5-4-6-8-10-13-16-18(20)21;;/h1,8,10H,4-7,9,11-17H2,2H3;1,7,9H,3-6,8,10-16H2,(H,20,21);;1H2/q;;+1;/p-1/b10-8-;9-7-;;. The van der Waals surface area contributed by atoms with E-state index in [4.69, 9.17) is 18.0 Å². The molecule has 0 radical (unpaired) electrons. The molecule has 0 aromatic rings. The monoisotopic (exact) mass is 638 g/mol. The third kappa shape index (κ3) is 46.4. The molecule has 0 bridgehead atoms. The van der Waals surface area contributed by atoms with Crippen molar-refractivity contribution in [3.63, 3.8) is 0 Å². The average molecular weight is 639 g/mol. The van der Waals surface area contributed by atoms with Crippen LogP contribution < -0.4 is 29.6 Å². The van der Waals surface area contributed by atoms with E-state index in [1.54, 1.807) is 0 Å². The summed E-state index contributed by atoms with van der Waals surface area (Å²) in [6.07, 6.45) is 39.6. The van der Waals surface area contributed by atoms with Crippen molar-refractivity contribution in [1.29, 1.82) is 0 Å². The van der Waals surface area contributed by atoms with Crippen LogP contribution in [0.5, 0.6) is 0 Å². The van der Waals surface area contributed by atoms with Crippen LogP contribution in [0.15, 0.2) is 24.3 Å². The largest absolute Gasteiger partial charge is 1.00 e. The average Bonchev–Trinajstić information content (AvgIpc) is 2.99. The molecule has 0 aliphatic carbocycles. The van der Waals surface area contributed by atoms with E-state index in [9.17, 15) is 19.2 Å². The molecule has 2 N–H and O–H groups in total. The van der Waals surface area contributed by atoms with E-state index in [2.05, 4.69) is 40.9 Å². The fraction of sp³-hybridized carbons (Fsp3) is 0.676. The number of hydrogen-bond acceptors (Lipinski definition) is 6. The summed E-state index contributed by atoms with van der Waals surface area (Å²) in [5, 5.41) is 8.49. The Bertz CT molecular complexity index is 865. The van der Waals surface area contributed by atoms with Gasteiger partial charge in [-0.1, -0.05) is 62.8 Å². The fourth-order valence-corrected chi connectivity index (χ4v) is 4.22. The van der Waals surface area contributed by atoms with Gasteiger partial charge in [-0.2, -0.15) is 0 Å². The van der Waals surface area contributed by atoms with Crippen LogP contribution in [0.25, 0.3) is 0 Å². The van der Waals surface area contributed by atoms with E-state index < -0.39 is 5.97 Å². The minimum atomic E-state index is -0.702. The van der Waals surface area contributed by atoms with Gasteiger partial charge in [0, 0.05) is 51.4 Å². The molecule has 0 spiro atoms. The number of unbranched alkanes of at least 4 members (excludes halogenated alkanes) is 12. The Morgan fingerprint density at radius 3 is 1.33 bits per heavy atom. The number of esters is 1. The number of carboxylic acids is 1. The van der Waals surface area contributed by atoms with Crippen LogP contribution in [0.1, 0.15) is 154 Å². The second kappa shape index (κ2) is 41.8. The number of Topliss-reactive ketones (excluding diaryl/α,β-unsaturated/α-hetero) is 2. The molecule has 0 aliphatic rings. The number of carbonyl (C=O) groups is 4. The first-order valence-corrected chi connectivity index (χ1v) is 16.4. The molecule has 0 aliphatic heterocycles. The molecule has 0 saturated heterocycles. The maximum Gasteiger partial charge on any atom is 1.00 e. The summed E-state index contributed by atoms with van der Waals surface area (Å²) in [4.78, 5) is 44.2. The number of hydrogen-bond donors (Lipinski definition) is 1. The molecule has 0 fully saturated rings. The molecule has 0 aromatic carbocycles. The zero-order valence-corrected chi connectivity index (χ0v) is 30.4. The van der Waals surface area contributed by atoms with Gasteiger partial charge in [-0.05, 0) is 64.2 Å². The Labute approximate surface area is 296 Å². The normalized spacial score (nSPS) is 10.1. The van der Waals surface area contributed by atoms with Gasteiger partial charge in [0.15, 0.2) is 0 Å². The van der Waals surface area contributed by atoms with Crippen LogP contribution in [0.2, 0.25) is 0 Å². The topological polar surface area (TPSA) is 128 Å². The molecule has 0 rings (SSSR count). The second-order valence-electron chi connectivity index (χ2n) is 10.8. The third-order valence-electron chi connectivity index (χ3n) is 6.81. The SMILES string of the molecule is C#CCCCC(=O)CC/C=C\CCCCCCCC(=O)O.C#CCCCC(=O)CC/C=C\CCCCCCCC(=O)OC.[Na+].[OH-]. The predicted molar refractivity (Wildman–Crippen MR) is 178 cm³/mol. The quantitative estimate of drug-likeness (QED) is 0.0370. The number of aliphatic carboxylic acids is 1. The van der Waals surface area contributed by atoms with E-state index >= 15 is 0 Å². The summed E-state index contributed by atoms with van der Waals surface area (Å²) in [6.45, 7) is 0. The molecule has 0 unspecified atom stereocenters. The number of methoxy groups -OCH3 is 1. The number of ether oxygens (including phenoxy) is 1. The van der Waals surface area contributed by atoms with Crippen molar-refractivity contribution in [2.45, 2.75) is 154 Å². The zero-order chi connectivity index (χ0) is 32.2. The molecular formula is C37H59NaO7. The Kier molecular flexibility index (Phi) is 46.2. The van der Waals surface area contributed by atoms with Crippen molar-refractivity contribution in [1.82, 2.24) is 0 Å². The maximum absolute atomic E-state index is 11.5. The number of terminal acetylenes is 2. The zero-order valence-electron chi connectivity index (χ0n) is 28.4. The molecule has 0 aromatic heterocycles. The fourth-order valence-electron chi connectivity index (χ4n) is 4.22. The first-order valence-electron chi connectivity index (χ1n) is 16.4. The van der Waals surface area contributed by atoms with Crippen molar-refractivity contribution in [2.75, 3.05) is 7.11 Å². The maximum atomic E-state index is 11.5. The summed E-state index contributed by atoms with van der Waals surface area (Å²) in [7, 11) is 1.43. The molecular weight excluding hydrogens is 579 g/mol. The molecule has 0 saturated carbocycles. The minimum Gasteiger partial charge on any atom is -0.870 e. The van der Waals surface area contributed by atoms with Crippen LogP contribution in [-0.2, 0) is 23.9 Å². The smallest absolute Gasteiger partial charge is 0.870 e. The van der Waals surface area contributed by atoms with Crippen LogP contribution in [0, 0.1) is 24.7 Å². The van der Waals surface area contributed by atoms with Crippen molar-refractivity contribution < 1.29 is 64.1 Å². The van der Waals surface area contributed by atoms with E-state index in [-0.39, 0.29) is 47.4 Å². The number of carboxylic acid groups (broad SMARTS) is 1. The Morgan fingerprint density at radius 2 is 0.933 bits per heavy atom. The van der Waals surface area contributed by atoms with E-state index in [0.29, 0.717) is 56.5 Å². The van der Waals surface area contributed by atoms with Crippen molar-refractivity contribution in [2.24, 2.45) is 0 Å². The predicted octanol–water partition coefficient (Wildman–Crippen LogP) is 5.94. The van der Waals surface area contributed by atoms with Crippen LogP contribution in [-0.4, -0.2) is 41.2 Å². The van der Waals surface area contributed by atoms with Gasteiger partial charge in [0.1, 0.15) is 11.6 Å². The van der Waals surface area contributed by atoms with Gasteiger partial charge in [0.25, 0.3) is 0 Å². The number of ketones is 2. The van der Waals surface area contributed by atoms with Crippen LogP contribution >= 0.6 is 0 Å². The Balaban J connectivity index is -0.000000358. The molecule has 45 heavy (non-hydrogen) atoms. The van der Waals surface area contributed by atoms with E-state index in [1.165, 1.54) is 26.4 Å². The summed E-state index contributed by atoms with van der Waals surface area (Å²) in [6, 6.07) is 0. The molecule has 0 heterocycles. The van der Waals surface area contributed by atoms with Gasteiger partial charge in [0.2, 0.25) is 0 Å². The van der Waals surface area contributed by atoms with Crippen molar-refractivity contribution in [3.05, 3.63) is 24.3 Å². The minimum absolute atomic E-state index is 0. The van der Waals surface area contributed by atoms with Crippen LogP contribution in [0.4, 0.5) is 0 Å². The van der Waals surface area contributed by atoms with Gasteiger partial charge in [-0.15, -0.1) is 24.7 Å². The number of allylic oxidation sites excluding steroid dienone is 4. The summed E-state index contributed by atoms with van der Waals surface area (Å²) in [5.41, 5.74) is 0. The van der Waals surface area contributed by atoms with Crippen molar-refractivity contribution >= 4 is 23.5 Å². The molecule has 8 heteroatoms. The first-order chi connectivity index (χ1) is 20.9. The van der Waals surface area contributed by atoms with Gasteiger partial charge in [0.05, 0.1) is 7.11 Å². The molecule has 250 valence electrons. The van der Waals surface area contributed by atoms with Crippen LogP contribution in [0.3, 0.4) is 0 Å². The molecule has 0 atom stereocenters. The second-order valence-corrected chi connectivity index (χ2v) is 10.8. The molecule has 7 nitrogen and oxygen atoms in total. The Morgan fingerprint density at radius 1 is 0.556 bits per heavy atom. The van der Waals surface area contributed by atoms with Gasteiger partial charge < -0.3 is 15.3 Å². The Hall–Kier alpha value is -2.16. The molecule has 0 amide bonds. The van der Waals surface area contributed by atoms with Crippen molar-refractivity contribution in [3.8, 4) is 24.7 Å². The van der Waals surface area contributed by atoms with Gasteiger partial charge in [-0.3, -0.25) is 19.2 Å². The number of carbonyl (C=O) groups excluding carboxylic acids is 3. The number of rotatable bonds is 28. The first kappa shape index (κ1) is 49.7. The summed E-state index contributed by atoms with van der Waals surface area (Å²) in [5.74, 6) is 4.89. The van der Waals surface area contributed by atoms with E-state index in [0.717, 1.165) is 83.5 Å². The van der Waals surface area contributed by atoms with E-state index in [1.807, 2.05) is 0 Å². The van der Waals surface area contributed by atoms with Gasteiger partial charge in [-0.25, -0.2) is 0 Å². The van der Waals surface area contributed by atoms with Gasteiger partial charge >= 0.3 is 41.5 Å².